The van der Waals surface area contributed by atoms with Crippen LogP contribution < -0.4 is 5.32 Å². The molecule has 76 valence electrons. The summed E-state index contributed by atoms with van der Waals surface area (Å²) in [5, 5.41) is 3.42. The van der Waals surface area contributed by atoms with Gasteiger partial charge in [-0.25, -0.2) is 0 Å². The topological polar surface area (TPSA) is 24.9 Å². The molecule has 1 rings (SSSR count). The Bertz CT molecular complexity index is 294. The van der Waals surface area contributed by atoms with E-state index in [9.17, 15) is 0 Å². The summed E-state index contributed by atoms with van der Waals surface area (Å²) in [6, 6.07) is 2.52. The first kappa shape index (κ1) is 10.9. The van der Waals surface area contributed by atoms with Crippen LogP contribution in [0.25, 0.3) is 0 Å². The van der Waals surface area contributed by atoms with E-state index in [1.54, 1.807) is 0 Å². The zero-order valence-electron chi connectivity index (χ0n) is 8.96. The van der Waals surface area contributed by atoms with Gasteiger partial charge in [0.05, 0.1) is 0 Å². The van der Waals surface area contributed by atoms with Crippen LogP contribution in [-0.4, -0.2) is 11.5 Å². The van der Waals surface area contributed by atoms with Crippen molar-refractivity contribution < 1.29 is 0 Å². The first-order valence-electron chi connectivity index (χ1n) is 5.03. The van der Waals surface area contributed by atoms with E-state index in [0.29, 0.717) is 6.04 Å². The molecule has 1 heterocycles. The second-order valence-corrected chi connectivity index (χ2v) is 3.43. The Labute approximate surface area is 86.1 Å². The van der Waals surface area contributed by atoms with Crippen molar-refractivity contribution in [2.45, 2.75) is 26.3 Å². The van der Waals surface area contributed by atoms with Gasteiger partial charge >= 0.3 is 0 Å². The van der Waals surface area contributed by atoms with E-state index in [0.717, 1.165) is 13.0 Å². The molecule has 0 aromatic carbocycles. The van der Waals surface area contributed by atoms with Gasteiger partial charge < -0.3 is 5.32 Å². The molecule has 0 spiro atoms. The molecule has 0 radical (unpaired) electrons. The third-order valence-corrected chi connectivity index (χ3v) is 2.15. The minimum Gasteiger partial charge on any atom is -0.310 e. The van der Waals surface area contributed by atoms with Crippen molar-refractivity contribution in [3.8, 4) is 0 Å². The highest BCUT2D eigenvalue weighted by atomic mass is 14.9. The number of hydrogen-bond donors (Lipinski definition) is 1. The summed E-state index contributed by atoms with van der Waals surface area (Å²) in [6.07, 6.45) is 6.68. The maximum Gasteiger partial charge on any atom is 0.0370 e. The molecule has 1 aromatic rings. The fourth-order valence-electron chi connectivity index (χ4n) is 1.52. The Morgan fingerprint density at radius 2 is 2.36 bits per heavy atom. The minimum atomic E-state index is 0.352. The number of nitrogens with zero attached hydrogens (tertiary/aromatic N) is 1. The van der Waals surface area contributed by atoms with Crippen LogP contribution in [0.1, 0.15) is 30.5 Å². The highest BCUT2D eigenvalue weighted by Crippen LogP contribution is 2.16. The Balaban J connectivity index is 2.80. The minimum absolute atomic E-state index is 0.352. The van der Waals surface area contributed by atoms with Crippen molar-refractivity contribution in [2.75, 3.05) is 6.54 Å². The van der Waals surface area contributed by atoms with Gasteiger partial charge in [0, 0.05) is 18.4 Å². The molecule has 0 aliphatic rings. The Morgan fingerprint density at radius 1 is 1.57 bits per heavy atom. The fraction of sp³-hybridized carbons (Fsp3) is 0.417. The summed E-state index contributed by atoms with van der Waals surface area (Å²) in [5.74, 6) is 0. The lowest BCUT2D eigenvalue weighted by Gasteiger charge is -2.16. The molecule has 0 amide bonds. The van der Waals surface area contributed by atoms with E-state index in [1.807, 2.05) is 18.5 Å². The van der Waals surface area contributed by atoms with Crippen molar-refractivity contribution in [2.24, 2.45) is 0 Å². The highest BCUT2D eigenvalue weighted by Gasteiger charge is 2.07. The molecule has 1 N–H and O–H groups in total. The molecule has 1 atom stereocenters. The van der Waals surface area contributed by atoms with Crippen molar-refractivity contribution in [1.29, 1.82) is 0 Å². The molecule has 2 nitrogen and oxygen atoms in total. The molecule has 0 saturated heterocycles. The lowest BCUT2D eigenvalue weighted by Crippen LogP contribution is -2.20. The number of pyridine rings is 1. The smallest absolute Gasteiger partial charge is 0.0370 e. The van der Waals surface area contributed by atoms with Gasteiger partial charge in [0.1, 0.15) is 0 Å². The number of hydrogen-bond acceptors (Lipinski definition) is 2. The third-order valence-electron chi connectivity index (χ3n) is 2.15. The van der Waals surface area contributed by atoms with E-state index in [1.165, 1.54) is 11.1 Å². The molecule has 0 saturated carbocycles. The average molecular weight is 190 g/mol. The normalized spacial score (nSPS) is 12.4. The van der Waals surface area contributed by atoms with Gasteiger partial charge in [-0.15, -0.1) is 6.58 Å². The SMILES string of the molecule is C=CCC(NCC)c1cncc(C)c1. The predicted molar refractivity (Wildman–Crippen MR) is 60.2 cm³/mol. The monoisotopic (exact) mass is 190 g/mol. The zero-order chi connectivity index (χ0) is 10.4. The maximum atomic E-state index is 4.20. The van der Waals surface area contributed by atoms with Crippen LogP contribution in [0.5, 0.6) is 0 Å². The van der Waals surface area contributed by atoms with Crippen LogP contribution in [0.3, 0.4) is 0 Å². The molecule has 0 fully saturated rings. The molecular weight excluding hydrogens is 172 g/mol. The number of aromatic nitrogens is 1. The van der Waals surface area contributed by atoms with E-state index in [4.69, 9.17) is 0 Å². The molecule has 0 bridgehead atoms. The summed E-state index contributed by atoms with van der Waals surface area (Å²) in [6.45, 7) is 8.91. The van der Waals surface area contributed by atoms with Gasteiger partial charge in [0.25, 0.3) is 0 Å². The Hall–Kier alpha value is -1.15. The van der Waals surface area contributed by atoms with Crippen LogP contribution in [0.15, 0.2) is 31.1 Å². The van der Waals surface area contributed by atoms with Gasteiger partial charge in [-0.2, -0.15) is 0 Å². The molecular formula is C12H18N2. The Morgan fingerprint density at radius 3 is 2.93 bits per heavy atom. The molecule has 14 heavy (non-hydrogen) atoms. The van der Waals surface area contributed by atoms with Crippen molar-refractivity contribution in [3.63, 3.8) is 0 Å². The van der Waals surface area contributed by atoms with Crippen LogP contribution in [-0.2, 0) is 0 Å². The standard InChI is InChI=1S/C12H18N2/c1-4-6-12(14-5-2)11-7-10(3)8-13-9-11/h4,7-9,12,14H,1,5-6H2,2-3H3. The maximum absolute atomic E-state index is 4.20. The lowest BCUT2D eigenvalue weighted by molar-refractivity contribution is 0.557. The number of aryl methyl sites for hydroxylation is 1. The first-order valence-corrected chi connectivity index (χ1v) is 5.03. The Kier molecular flexibility index (Phi) is 4.33. The van der Waals surface area contributed by atoms with Crippen LogP contribution in [0.2, 0.25) is 0 Å². The van der Waals surface area contributed by atoms with E-state index in [2.05, 4.69) is 36.8 Å². The van der Waals surface area contributed by atoms with E-state index in [-0.39, 0.29) is 0 Å². The molecule has 0 aliphatic carbocycles. The summed E-state index contributed by atoms with van der Waals surface area (Å²) in [4.78, 5) is 4.20. The van der Waals surface area contributed by atoms with Gasteiger partial charge in [0.15, 0.2) is 0 Å². The fourth-order valence-corrected chi connectivity index (χ4v) is 1.52. The van der Waals surface area contributed by atoms with Crippen LogP contribution >= 0.6 is 0 Å². The van der Waals surface area contributed by atoms with Crippen molar-refractivity contribution in [1.82, 2.24) is 10.3 Å². The first-order chi connectivity index (χ1) is 6.77. The van der Waals surface area contributed by atoms with Gasteiger partial charge in [-0.1, -0.05) is 19.1 Å². The average Bonchev–Trinajstić information content (AvgIpc) is 2.17. The number of nitrogens with one attached hydrogen (secondary N) is 1. The summed E-state index contributed by atoms with van der Waals surface area (Å²) in [5.41, 5.74) is 2.45. The molecule has 0 aliphatic heterocycles. The van der Waals surface area contributed by atoms with Crippen LogP contribution in [0.4, 0.5) is 0 Å². The van der Waals surface area contributed by atoms with Gasteiger partial charge in [0.2, 0.25) is 0 Å². The van der Waals surface area contributed by atoms with Crippen molar-refractivity contribution >= 4 is 0 Å². The summed E-state index contributed by atoms with van der Waals surface area (Å²) in [7, 11) is 0. The van der Waals surface area contributed by atoms with E-state index < -0.39 is 0 Å². The van der Waals surface area contributed by atoms with Gasteiger partial charge in [-0.3, -0.25) is 4.98 Å². The molecule has 1 aromatic heterocycles. The zero-order valence-corrected chi connectivity index (χ0v) is 8.96. The molecule has 1 unspecified atom stereocenters. The quantitative estimate of drug-likeness (QED) is 0.722. The van der Waals surface area contributed by atoms with Crippen molar-refractivity contribution in [3.05, 3.63) is 42.2 Å². The lowest BCUT2D eigenvalue weighted by atomic mass is 10.0. The second-order valence-electron chi connectivity index (χ2n) is 3.43. The molecule has 2 heteroatoms. The van der Waals surface area contributed by atoms with Gasteiger partial charge in [-0.05, 0) is 31.0 Å². The largest absolute Gasteiger partial charge is 0.310 e. The van der Waals surface area contributed by atoms with E-state index >= 15 is 0 Å². The predicted octanol–water partition coefficient (Wildman–Crippen LogP) is 2.62. The summed E-state index contributed by atoms with van der Waals surface area (Å²) >= 11 is 0. The second kappa shape index (κ2) is 5.55. The highest BCUT2D eigenvalue weighted by molar-refractivity contribution is 5.20. The van der Waals surface area contributed by atoms with Crippen LogP contribution in [0, 0.1) is 6.92 Å². The number of rotatable bonds is 5. The summed E-state index contributed by atoms with van der Waals surface area (Å²) < 4.78 is 0. The third kappa shape index (κ3) is 2.96.